The van der Waals surface area contributed by atoms with E-state index in [-0.39, 0.29) is 34.2 Å². The number of aliphatic hydroxyl groups excluding tert-OH is 4. The minimum atomic E-state index is -1.57. The minimum Gasteiger partial charge on any atom is -0.502 e. The predicted molar refractivity (Wildman–Crippen MR) is 103 cm³/mol. The Morgan fingerprint density at radius 2 is 1.70 bits per heavy atom. The summed E-state index contributed by atoms with van der Waals surface area (Å²) >= 11 is 0. The van der Waals surface area contributed by atoms with Crippen molar-refractivity contribution in [3.63, 3.8) is 0 Å². The van der Waals surface area contributed by atoms with Crippen LogP contribution in [0.15, 0.2) is 28.7 Å². The van der Waals surface area contributed by atoms with Gasteiger partial charge in [0.1, 0.15) is 24.4 Å². The van der Waals surface area contributed by atoms with E-state index in [2.05, 4.69) is 0 Å². The highest BCUT2D eigenvalue weighted by molar-refractivity contribution is 6.10. The van der Waals surface area contributed by atoms with E-state index in [1.807, 2.05) is 0 Å². The van der Waals surface area contributed by atoms with Crippen molar-refractivity contribution in [2.75, 3.05) is 20.8 Å². The first kappa shape index (κ1) is 20.5. The Morgan fingerprint density at radius 1 is 0.933 bits per heavy atom. The van der Waals surface area contributed by atoms with Gasteiger partial charge in [-0.3, -0.25) is 0 Å². The number of furan rings is 1. The summed E-state index contributed by atoms with van der Waals surface area (Å²) in [5.41, 5.74) is 0.533. The van der Waals surface area contributed by atoms with Crippen molar-refractivity contribution in [2.24, 2.45) is 0 Å². The first-order valence-electron chi connectivity index (χ1n) is 9.17. The number of aromatic hydroxyl groups is 1. The highest BCUT2D eigenvalue weighted by atomic mass is 16.7. The van der Waals surface area contributed by atoms with E-state index in [0.717, 1.165) is 0 Å². The van der Waals surface area contributed by atoms with E-state index >= 15 is 0 Å². The third kappa shape index (κ3) is 3.09. The van der Waals surface area contributed by atoms with Gasteiger partial charge in [0.15, 0.2) is 22.7 Å². The zero-order valence-electron chi connectivity index (χ0n) is 16.2. The Hall–Kier alpha value is -2.76. The molecule has 30 heavy (non-hydrogen) atoms. The van der Waals surface area contributed by atoms with Crippen LogP contribution in [0.3, 0.4) is 0 Å². The zero-order chi connectivity index (χ0) is 21.6. The SMILES string of the molecule is COc1cc2c(oc3c(OC4OC(CO)C(O)C(O)C4O)cccc32)c(OC)c1O. The molecular weight excluding hydrogens is 400 g/mol. The van der Waals surface area contributed by atoms with Crippen LogP contribution in [-0.2, 0) is 4.74 Å². The lowest BCUT2D eigenvalue weighted by atomic mass is 9.99. The number of ether oxygens (including phenoxy) is 4. The summed E-state index contributed by atoms with van der Waals surface area (Å²) in [6.45, 7) is -0.573. The van der Waals surface area contributed by atoms with Crippen LogP contribution >= 0.6 is 0 Å². The monoisotopic (exact) mass is 422 g/mol. The zero-order valence-corrected chi connectivity index (χ0v) is 16.2. The van der Waals surface area contributed by atoms with Gasteiger partial charge in [0, 0.05) is 10.8 Å². The van der Waals surface area contributed by atoms with Crippen molar-refractivity contribution in [3.05, 3.63) is 24.3 Å². The summed E-state index contributed by atoms with van der Waals surface area (Å²) in [7, 11) is 2.79. The minimum absolute atomic E-state index is 0.0827. The molecule has 10 nitrogen and oxygen atoms in total. The van der Waals surface area contributed by atoms with Crippen LogP contribution < -0.4 is 14.2 Å². The molecule has 0 bridgehead atoms. The number of hydrogen-bond donors (Lipinski definition) is 5. The average molecular weight is 422 g/mol. The largest absolute Gasteiger partial charge is 0.502 e. The summed E-state index contributed by atoms with van der Waals surface area (Å²) in [6.07, 6.45) is -7.11. The maximum Gasteiger partial charge on any atom is 0.229 e. The number of para-hydroxylation sites is 1. The predicted octanol–water partition coefficient (Wildman–Crippen LogP) is 0.487. The highest BCUT2D eigenvalue weighted by Crippen LogP contribution is 2.47. The summed E-state index contributed by atoms with van der Waals surface area (Å²) in [5.74, 6) is 0.234. The molecule has 2 aromatic carbocycles. The second-order valence-corrected chi connectivity index (χ2v) is 6.89. The van der Waals surface area contributed by atoms with Gasteiger partial charge in [0.2, 0.25) is 17.8 Å². The molecule has 5 N–H and O–H groups in total. The molecule has 4 rings (SSSR count). The topological polar surface area (TPSA) is 151 Å². The first-order chi connectivity index (χ1) is 14.4. The molecular formula is C20H22O10. The molecule has 10 heteroatoms. The van der Waals surface area contributed by atoms with Gasteiger partial charge in [0.25, 0.3) is 0 Å². The van der Waals surface area contributed by atoms with Gasteiger partial charge < -0.3 is 48.9 Å². The number of methoxy groups -OCH3 is 2. The molecule has 5 atom stereocenters. The van der Waals surface area contributed by atoms with Crippen LogP contribution in [0.25, 0.3) is 21.9 Å². The van der Waals surface area contributed by atoms with E-state index in [4.69, 9.17) is 23.4 Å². The average Bonchev–Trinajstić information content (AvgIpc) is 3.12. The number of aliphatic hydroxyl groups is 4. The number of phenols is 1. The number of fused-ring (bicyclic) bond motifs is 3. The molecule has 0 aliphatic carbocycles. The van der Waals surface area contributed by atoms with Crippen LogP contribution in [0.2, 0.25) is 0 Å². The Bertz CT molecular complexity index is 1060. The molecule has 1 aliphatic rings. The highest BCUT2D eigenvalue weighted by Gasteiger charge is 2.45. The lowest BCUT2D eigenvalue weighted by Gasteiger charge is -2.39. The lowest BCUT2D eigenvalue weighted by molar-refractivity contribution is -0.277. The van der Waals surface area contributed by atoms with Crippen molar-refractivity contribution < 1.29 is 48.9 Å². The molecule has 3 aromatic rings. The molecule has 0 radical (unpaired) electrons. The van der Waals surface area contributed by atoms with Crippen molar-refractivity contribution in [1.29, 1.82) is 0 Å². The van der Waals surface area contributed by atoms with Crippen molar-refractivity contribution in [1.82, 2.24) is 0 Å². The van der Waals surface area contributed by atoms with Gasteiger partial charge in [-0.1, -0.05) is 12.1 Å². The Kier molecular flexibility index (Phi) is 5.35. The second kappa shape index (κ2) is 7.82. The Labute approximate surface area is 170 Å². The van der Waals surface area contributed by atoms with Gasteiger partial charge >= 0.3 is 0 Å². The smallest absolute Gasteiger partial charge is 0.229 e. The normalized spacial score (nSPS) is 26.8. The molecule has 2 heterocycles. The summed E-state index contributed by atoms with van der Waals surface area (Å²) in [4.78, 5) is 0. The van der Waals surface area contributed by atoms with Crippen LogP contribution in [0.4, 0.5) is 0 Å². The van der Waals surface area contributed by atoms with Crippen molar-refractivity contribution >= 4 is 21.9 Å². The van der Waals surface area contributed by atoms with Crippen molar-refractivity contribution in [2.45, 2.75) is 30.7 Å². The van der Waals surface area contributed by atoms with Crippen LogP contribution in [-0.4, -0.2) is 77.1 Å². The number of rotatable bonds is 5. The summed E-state index contributed by atoms with van der Waals surface area (Å²) in [5, 5.41) is 51.0. The van der Waals surface area contributed by atoms with Gasteiger partial charge in [-0.25, -0.2) is 0 Å². The molecule has 1 fully saturated rings. The van der Waals surface area contributed by atoms with E-state index in [1.165, 1.54) is 14.2 Å². The van der Waals surface area contributed by atoms with E-state index in [0.29, 0.717) is 10.8 Å². The maximum atomic E-state index is 10.3. The van der Waals surface area contributed by atoms with E-state index < -0.39 is 37.3 Å². The standard InChI is InChI=1S/C20H22O10/c1-26-11-6-9-8-4-3-5-10(17(8)30-18(9)19(27-2)14(11)23)28-20-16(25)15(24)13(22)12(7-21)29-20/h3-6,12-13,15-16,20-25H,7H2,1-2H3. The van der Waals surface area contributed by atoms with Crippen molar-refractivity contribution in [3.8, 4) is 23.0 Å². The number of hydrogen-bond acceptors (Lipinski definition) is 10. The summed E-state index contributed by atoms with van der Waals surface area (Å²) < 4.78 is 27.5. The third-order valence-electron chi connectivity index (χ3n) is 5.16. The lowest BCUT2D eigenvalue weighted by Crippen LogP contribution is -2.60. The second-order valence-electron chi connectivity index (χ2n) is 6.89. The fraction of sp³-hybridized carbons (Fsp3) is 0.400. The van der Waals surface area contributed by atoms with Crippen LogP contribution in [0, 0.1) is 0 Å². The fourth-order valence-corrected chi connectivity index (χ4v) is 3.57. The molecule has 0 saturated carbocycles. The Morgan fingerprint density at radius 3 is 2.37 bits per heavy atom. The fourth-order valence-electron chi connectivity index (χ4n) is 3.57. The van der Waals surface area contributed by atoms with E-state index in [1.54, 1.807) is 24.3 Å². The molecule has 1 saturated heterocycles. The first-order valence-corrected chi connectivity index (χ1v) is 9.17. The van der Waals surface area contributed by atoms with Gasteiger partial charge in [-0.15, -0.1) is 0 Å². The molecule has 1 aliphatic heterocycles. The third-order valence-corrected chi connectivity index (χ3v) is 5.16. The van der Waals surface area contributed by atoms with Crippen LogP contribution in [0.5, 0.6) is 23.0 Å². The van der Waals surface area contributed by atoms with Crippen LogP contribution in [0.1, 0.15) is 0 Å². The Balaban J connectivity index is 1.80. The van der Waals surface area contributed by atoms with E-state index in [9.17, 15) is 25.5 Å². The quantitative estimate of drug-likeness (QED) is 0.393. The molecule has 1 aromatic heterocycles. The molecule has 0 amide bonds. The van der Waals surface area contributed by atoms with Gasteiger partial charge in [-0.2, -0.15) is 0 Å². The number of phenolic OH excluding ortho intramolecular Hbond substituents is 1. The molecule has 162 valence electrons. The van der Waals surface area contributed by atoms with Gasteiger partial charge in [-0.05, 0) is 12.1 Å². The number of benzene rings is 2. The maximum absolute atomic E-state index is 10.3. The molecule has 5 unspecified atom stereocenters. The van der Waals surface area contributed by atoms with Gasteiger partial charge in [0.05, 0.1) is 20.8 Å². The summed E-state index contributed by atoms with van der Waals surface area (Å²) in [6, 6.07) is 6.60. The molecule has 0 spiro atoms.